The van der Waals surface area contributed by atoms with E-state index >= 15 is 0 Å². The highest BCUT2D eigenvalue weighted by atomic mass is 16.5. The van der Waals surface area contributed by atoms with E-state index in [0.717, 1.165) is 0 Å². The maximum absolute atomic E-state index is 11.0. The second kappa shape index (κ2) is 5.13. The number of ether oxygens (including phenoxy) is 1. The van der Waals surface area contributed by atoms with Crippen molar-refractivity contribution in [3.05, 3.63) is 42.4 Å². The monoisotopic (exact) mass is 245 g/mol. The smallest absolute Gasteiger partial charge is 0.341 e. The molecule has 0 aliphatic carbocycles. The molecule has 0 saturated heterocycles. The Kier molecular flexibility index (Phi) is 3.38. The molecule has 0 aliphatic heterocycles. The minimum atomic E-state index is -1.08. The topological polar surface area (TPSA) is 84.3 Å². The Morgan fingerprint density at radius 1 is 1.44 bits per heavy atom. The number of carboxylic acids is 1. The van der Waals surface area contributed by atoms with Gasteiger partial charge >= 0.3 is 5.97 Å². The molecular formula is C12H11N3O3. The third-order valence-electron chi connectivity index (χ3n) is 2.28. The van der Waals surface area contributed by atoms with Gasteiger partial charge in [-0.1, -0.05) is 6.07 Å². The Labute approximate surface area is 103 Å². The molecule has 0 atom stereocenters. The summed E-state index contributed by atoms with van der Waals surface area (Å²) in [5.41, 5.74) is 0.705. The van der Waals surface area contributed by atoms with Crippen molar-refractivity contribution < 1.29 is 14.6 Å². The van der Waals surface area contributed by atoms with Crippen molar-refractivity contribution in [1.29, 1.82) is 0 Å². The summed E-state index contributed by atoms with van der Waals surface area (Å²) < 4.78 is 5.08. The van der Waals surface area contributed by atoms with Gasteiger partial charge in [0.05, 0.1) is 7.11 Å². The molecule has 0 radical (unpaired) electrons. The lowest BCUT2D eigenvalue weighted by atomic mass is 10.2. The molecule has 0 bridgehead atoms. The highest BCUT2D eigenvalue weighted by molar-refractivity contribution is 5.93. The Hall–Kier alpha value is -2.63. The maximum Gasteiger partial charge on any atom is 0.341 e. The van der Waals surface area contributed by atoms with Crippen LogP contribution in [0.15, 0.2) is 36.8 Å². The fourth-order valence-corrected chi connectivity index (χ4v) is 1.42. The van der Waals surface area contributed by atoms with Crippen LogP contribution in [-0.4, -0.2) is 28.2 Å². The van der Waals surface area contributed by atoms with Crippen LogP contribution in [0.1, 0.15) is 10.4 Å². The molecule has 0 fully saturated rings. The zero-order chi connectivity index (χ0) is 13.0. The number of carbonyl (C=O) groups is 1. The molecule has 0 amide bonds. The summed E-state index contributed by atoms with van der Waals surface area (Å²) in [7, 11) is 1.56. The molecule has 0 spiro atoms. The van der Waals surface area contributed by atoms with Crippen LogP contribution in [0.3, 0.4) is 0 Å². The van der Waals surface area contributed by atoms with E-state index in [1.54, 1.807) is 31.4 Å². The molecule has 1 aromatic carbocycles. The number of aromatic nitrogens is 2. The molecule has 2 rings (SSSR count). The normalized spacial score (nSPS) is 9.83. The maximum atomic E-state index is 11.0. The third-order valence-corrected chi connectivity index (χ3v) is 2.28. The molecular weight excluding hydrogens is 234 g/mol. The average Bonchev–Trinajstić information content (AvgIpc) is 2.39. The van der Waals surface area contributed by atoms with Crippen LogP contribution in [0.5, 0.6) is 5.75 Å². The van der Waals surface area contributed by atoms with E-state index in [2.05, 4.69) is 15.3 Å². The van der Waals surface area contributed by atoms with Crippen molar-refractivity contribution in [2.45, 2.75) is 0 Å². The molecule has 6 nitrogen and oxygen atoms in total. The van der Waals surface area contributed by atoms with Crippen LogP contribution < -0.4 is 10.1 Å². The highest BCUT2D eigenvalue weighted by Crippen LogP contribution is 2.21. The number of hydrogen-bond acceptors (Lipinski definition) is 5. The Balaban J connectivity index is 2.31. The van der Waals surface area contributed by atoms with Crippen LogP contribution >= 0.6 is 0 Å². The van der Waals surface area contributed by atoms with E-state index in [1.165, 1.54) is 12.5 Å². The SMILES string of the molecule is COc1cccc(Nc2ncncc2C(=O)O)c1. The number of benzene rings is 1. The number of nitrogens with zero attached hydrogens (tertiary/aromatic N) is 2. The third kappa shape index (κ3) is 2.54. The van der Waals surface area contributed by atoms with Gasteiger partial charge in [0, 0.05) is 18.0 Å². The van der Waals surface area contributed by atoms with Gasteiger partial charge in [-0.2, -0.15) is 0 Å². The van der Waals surface area contributed by atoms with Gasteiger partial charge in [0.2, 0.25) is 0 Å². The Bertz CT molecular complexity index is 572. The van der Waals surface area contributed by atoms with Crippen molar-refractivity contribution in [1.82, 2.24) is 9.97 Å². The zero-order valence-electron chi connectivity index (χ0n) is 9.62. The summed E-state index contributed by atoms with van der Waals surface area (Å²) in [5.74, 6) is -0.169. The van der Waals surface area contributed by atoms with Crippen LogP contribution in [0.25, 0.3) is 0 Å². The standard InChI is InChI=1S/C12H11N3O3/c1-18-9-4-2-3-8(5-9)15-11-10(12(16)17)6-13-7-14-11/h2-7H,1H3,(H,16,17)(H,13,14,15). The largest absolute Gasteiger partial charge is 0.497 e. The van der Waals surface area contributed by atoms with Gasteiger partial charge in [0.15, 0.2) is 0 Å². The van der Waals surface area contributed by atoms with Crippen molar-refractivity contribution in [3.8, 4) is 5.75 Å². The lowest BCUT2D eigenvalue weighted by Crippen LogP contribution is -2.05. The molecule has 1 heterocycles. The predicted octanol–water partition coefficient (Wildman–Crippen LogP) is 1.93. The van der Waals surface area contributed by atoms with Crippen LogP contribution in [0, 0.1) is 0 Å². The van der Waals surface area contributed by atoms with Gasteiger partial charge in [-0.25, -0.2) is 14.8 Å². The van der Waals surface area contributed by atoms with E-state index in [0.29, 0.717) is 11.4 Å². The minimum Gasteiger partial charge on any atom is -0.497 e. The van der Waals surface area contributed by atoms with Crippen molar-refractivity contribution in [3.63, 3.8) is 0 Å². The van der Waals surface area contributed by atoms with Gasteiger partial charge < -0.3 is 15.2 Å². The predicted molar refractivity (Wildman–Crippen MR) is 65.3 cm³/mol. The van der Waals surface area contributed by atoms with E-state index in [-0.39, 0.29) is 11.4 Å². The second-order valence-electron chi connectivity index (χ2n) is 3.45. The first-order valence-corrected chi connectivity index (χ1v) is 5.15. The first-order valence-electron chi connectivity index (χ1n) is 5.15. The fourth-order valence-electron chi connectivity index (χ4n) is 1.42. The van der Waals surface area contributed by atoms with Crippen LogP contribution in [-0.2, 0) is 0 Å². The van der Waals surface area contributed by atoms with Crippen LogP contribution in [0.2, 0.25) is 0 Å². The molecule has 0 unspecified atom stereocenters. The van der Waals surface area contributed by atoms with Gasteiger partial charge in [-0.3, -0.25) is 0 Å². The number of anilines is 2. The van der Waals surface area contributed by atoms with Crippen LogP contribution in [0.4, 0.5) is 11.5 Å². The number of rotatable bonds is 4. The summed E-state index contributed by atoms with van der Waals surface area (Å²) in [6.07, 6.45) is 2.53. The molecule has 2 N–H and O–H groups in total. The Morgan fingerprint density at radius 3 is 3.00 bits per heavy atom. The second-order valence-corrected chi connectivity index (χ2v) is 3.45. The molecule has 1 aromatic heterocycles. The van der Waals surface area contributed by atoms with Gasteiger partial charge in [0.25, 0.3) is 0 Å². The first-order chi connectivity index (χ1) is 8.70. The lowest BCUT2D eigenvalue weighted by molar-refractivity contribution is 0.0697. The number of carboxylic acid groups (broad SMARTS) is 1. The zero-order valence-corrected chi connectivity index (χ0v) is 9.62. The van der Waals surface area contributed by atoms with Crippen molar-refractivity contribution >= 4 is 17.5 Å². The highest BCUT2D eigenvalue weighted by Gasteiger charge is 2.11. The van der Waals surface area contributed by atoms with E-state index in [4.69, 9.17) is 9.84 Å². The molecule has 18 heavy (non-hydrogen) atoms. The van der Waals surface area contributed by atoms with E-state index < -0.39 is 5.97 Å². The lowest BCUT2D eigenvalue weighted by Gasteiger charge is -2.08. The number of methoxy groups -OCH3 is 1. The van der Waals surface area contributed by atoms with Crippen molar-refractivity contribution in [2.24, 2.45) is 0 Å². The molecule has 92 valence electrons. The average molecular weight is 245 g/mol. The number of aromatic carboxylic acids is 1. The van der Waals surface area contributed by atoms with E-state index in [9.17, 15) is 4.79 Å². The molecule has 0 aliphatic rings. The summed E-state index contributed by atoms with van der Waals surface area (Å²) in [6.45, 7) is 0. The minimum absolute atomic E-state index is 0.0142. The van der Waals surface area contributed by atoms with E-state index in [1.807, 2.05) is 0 Å². The molecule has 0 saturated carbocycles. The Morgan fingerprint density at radius 2 is 2.28 bits per heavy atom. The quantitative estimate of drug-likeness (QED) is 0.856. The molecule has 2 aromatic rings. The van der Waals surface area contributed by atoms with Gasteiger partial charge in [0.1, 0.15) is 23.5 Å². The van der Waals surface area contributed by atoms with Crippen molar-refractivity contribution in [2.75, 3.05) is 12.4 Å². The fraction of sp³-hybridized carbons (Fsp3) is 0.0833. The summed E-state index contributed by atoms with van der Waals surface area (Å²) in [6, 6.07) is 7.12. The van der Waals surface area contributed by atoms with Gasteiger partial charge in [-0.15, -0.1) is 0 Å². The first kappa shape index (κ1) is 11.8. The summed E-state index contributed by atoms with van der Waals surface area (Å²) in [5, 5.41) is 11.9. The number of nitrogens with one attached hydrogen (secondary N) is 1. The summed E-state index contributed by atoms with van der Waals surface area (Å²) >= 11 is 0. The molecule has 6 heteroatoms. The summed E-state index contributed by atoms with van der Waals surface area (Å²) in [4.78, 5) is 18.6. The van der Waals surface area contributed by atoms with Gasteiger partial charge in [-0.05, 0) is 12.1 Å². The number of hydrogen-bond donors (Lipinski definition) is 2.